The van der Waals surface area contributed by atoms with Crippen LogP contribution >= 0.6 is 23.4 Å². The monoisotopic (exact) mass is 333 g/mol. The molecule has 0 bridgehead atoms. The van der Waals surface area contributed by atoms with Gasteiger partial charge in [-0.3, -0.25) is 4.79 Å². The number of likely N-dealkylation sites (tertiary alicyclic amines) is 1. The zero-order valence-electron chi connectivity index (χ0n) is 12.2. The minimum absolute atomic E-state index is 0.0949. The number of hydrogen-bond acceptors (Lipinski definition) is 4. The Hall–Kier alpha value is -1.59. The number of nitrogens with zero attached hydrogens (tertiary/aromatic N) is 3. The molecule has 0 saturated carbocycles. The summed E-state index contributed by atoms with van der Waals surface area (Å²) in [7, 11) is 0. The molecule has 0 N–H and O–H groups in total. The van der Waals surface area contributed by atoms with Gasteiger partial charge in [0.25, 0.3) is 5.91 Å². The minimum Gasteiger partial charge on any atom is -0.330 e. The van der Waals surface area contributed by atoms with Gasteiger partial charge in [0.2, 0.25) is 0 Å². The maximum Gasteiger partial charge on any atom is 0.274 e. The summed E-state index contributed by atoms with van der Waals surface area (Å²) in [5, 5.41) is 0.865. The van der Waals surface area contributed by atoms with Gasteiger partial charge in [0.1, 0.15) is 0 Å². The van der Waals surface area contributed by atoms with Gasteiger partial charge in [-0.1, -0.05) is 53.7 Å². The molecule has 2 heterocycles. The molecule has 1 aliphatic heterocycles. The van der Waals surface area contributed by atoms with Gasteiger partial charge in [0, 0.05) is 6.54 Å². The second-order valence-corrected chi connectivity index (χ2v) is 6.30. The van der Waals surface area contributed by atoms with E-state index in [1.54, 1.807) is 0 Å². The van der Waals surface area contributed by atoms with Crippen molar-refractivity contribution in [3.8, 4) is 0 Å². The predicted molar refractivity (Wildman–Crippen MR) is 88.3 cm³/mol. The van der Waals surface area contributed by atoms with Crippen LogP contribution in [0.3, 0.4) is 0 Å². The van der Waals surface area contributed by atoms with Crippen LogP contribution in [-0.2, 0) is 0 Å². The number of aromatic nitrogens is 2. The van der Waals surface area contributed by atoms with Crippen molar-refractivity contribution in [3.05, 3.63) is 52.8 Å². The third-order valence-electron chi connectivity index (χ3n) is 3.81. The molecule has 1 saturated heterocycles. The first-order valence-corrected chi connectivity index (χ1v) is 8.73. The van der Waals surface area contributed by atoms with Crippen LogP contribution in [0.5, 0.6) is 0 Å². The van der Waals surface area contributed by atoms with Gasteiger partial charge >= 0.3 is 0 Å². The van der Waals surface area contributed by atoms with Crippen molar-refractivity contribution < 1.29 is 4.79 Å². The predicted octanol–water partition coefficient (Wildman–Crippen LogP) is 3.83. The van der Waals surface area contributed by atoms with E-state index in [1.165, 1.54) is 18.0 Å². The molecule has 1 unspecified atom stereocenters. The van der Waals surface area contributed by atoms with Gasteiger partial charge in [-0.15, -0.1) is 0 Å². The molecule has 6 heteroatoms. The van der Waals surface area contributed by atoms with E-state index in [0.29, 0.717) is 15.9 Å². The van der Waals surface area contributed by atoms with Crippen LogP contribution in [0.1, 0.15) is 34.9 Å². The Morgan fingerprint density at radius 3 is 2.86 bits per heavy atom. The summed E-state index contributed by atoms with van der Waals surface area (Å²) in [5.74, 6) is -0.117. The van der Waals surface area contributed by atoms with Gasteiger partial charge in [-0.05, 0) is 24.7 Å². The maximum absolute atomic E-state index is 12.9. The molecule has 1 fully saturated rings. The van der Waals surface area contributed by atoms with Gasteiger partial charge in [0.05, 0.1) is 17.3 Å². The lowest BCUT2D eigenvalue weighted by Gasteiger charge is -2.25. The third-order valence-corrected chi connectivity index (χ3v) is 4.64. The lowest BCUT2D eigenvalue weighted by molar-refractivity contribution is 0.0728. The molecule has 1 atom stereocenters. The lowest BCUT2D eigenvalue weighted by Crippen LogP contribution is -2.31. The number of thioether (sulfide) groups is 1. The topological polar surface area (TPSA) is 46.1 Å². The van der Waals surface area contributed by atoms with Crippen molar-refractivity contribution >= 4 is 29.3 Å². The van der Waals surface area contributed by atoms with E-state index in [9.17, 15) is 4.79 Å². The molecule has 4 nitrogen and oxygen atoms in total. The highest BCUT2D eigenvalue weighted by Gasteiger charge is 2.32. The van der Waals surface area contributed by atoms with E-state index in [-0.39, 0.29) is 11.9 Å². The van der Waals surface area contributed by atoms with E-state index < -0.39 is 0 Å². The Labute approximate surface area is 138 Å². The van der Waals surface area contributed by atoms with E-state index in [0.717, 1.165) is 24.9 Å². The molecular formula is C16H16ClN3OS. The lowest BCUT2D eigenvalue weighted by atomic mass is 10.0. The maximum atomic E-state index is 12.9. The van der Waals surface area contributed by atoms with Crippen LogP contribution in [0.4, 0.5) is 0 Å². The molecule has 1 aromatic carbocycles. The van der Waals surface area contributed by atoms with Crippen LogP contribution < -0.4 is 0 Å². The number of carbonyl (C=O) groups is 1. The second kappa shape index (κ2) is 6.67. The first-order valence-electron chi connectivity index (χ1n) is 7.13. The molecule has 2 aromatic rings. The molecule has 0 radical (unpaired) electrons. The van der Waals surface area contributed by atoms with Gasteiger partial charge in [0.15, 0.2) is 10.9 Å². The third kappa shape index (κ3) is 2.96. The highest BCUT2D eigenvalue weighted by molar-refractivity contribution is 7.98. The Balaban J connectivity index is 1.91. The van der Waals surface area contributed by atoms with Gasteiger partial charge in [-0.2, -0.15) is 0 Å². The Morgan fingerprint density at radius 2 is 2.14 bits per heavy atom. The van der Waals surface area contributed by atoms with Crippen LogP contribution in [0.15, 0.2) is 41.7 Å². The molecule has 1 amide bonds. The fourth-order valence-corrected chi connectivity index (χ4v) is 3.28. The Bertz CT molecular complexity index is 680. The number of hydrogen-bond donors (Lipinski definition) is 0. The van der Waals surface area contributed by atoms with Gasteiger partial charge in [-0.25, -0.2) is 9.97 Å². The Morgan fingerprint density at radius 1 is 1.36 bits per heavy atom. The normalized spacial score (nSPS) is 17.7. The fourth-order valence-electron chi connectivity index (χ4n) is 2.77. The average Bonchev–Trinajstić information content (AvgIpc) is 3.05. The summed E-state index contributed by atoms with van der Waals surface area (Å²) in [6.45, 7) is 0.729. The van der Waals surface area contributed by atoms with Crippen LogP contribution in [-0.4, -0.2) is 33.6 Å². The number of amides is 1. The average molecular weight is 334 g/mol. The van der Waals surface area contributed by atoms with Crippen molar-refractivity contribution in [2.45, 2.75) is 24.0 Å². The van der Waals surface area contributed by atoms with Crippen LogP contribution in [0.2, 0.25) is 5.02 Å². The van der Waals surface area contributed by atoms with E-state index in [4.69, 9.17) is 11.6 Å². The summed E-state index contributed by atoms with van der Waals surface area (Å²) >= 11 is 7.54. The zero-order valence-corrected chi connectivity index (χ0v) is 13.8. The van der Waals surface area contributed by atoms with Crippen molar-refractivity contribution in [2.24, 2.45) is 0 Å². The number of rotatable bonds is 3. The molecule has 1 aromatic heterocycles. The molecule has 1 aliphatic rings. The quantitative estimate of drug-likeness (QED) is 0.632. The van der Waals surface area contributed by atoms with Gasteiger partial charge < -0.3 is 4.90 Å². The summed E-state index contributed by atoms with van der Waals surface area (Å²) < 4.78 is 0. The fraction of sp³-hybridized carbons (Fsp3) is 0.312. The second-order valence-electron chi connectivity index (χ2n) is 5.12. The summed E-state index contributed by atoms with van der Waals surface area (Å²) in [6, 6.07) is 10.2. The van der Waals surface area contributed by atoms with Crippen LogP contribution in [0.25, 0.3) is 0 Å². The smallest absolute Gasteiger partial charge is 0.274 e. The van der Waals surface area contributed by atoms with Crippen molar-refractivity contribution in [1.29, 1.82) is 0 Å². The standard InChI is InChI=1S/C16H16ClN3OS/c1-22-16-18-10-12(17)14(19-16)15(21)20-9-5-8-13(20)11-6-3-2-4-7-11/h2-4,6-7,10,13H,5,8-9H2,1H3. The molecule has 114 valence electrons. The van der Waals surface area contributed by atoms with Crippen molar-refractivity contribution in [3.63, 3.8) is 0 Å². The summed E-state index contributed by atoms with van der Waals surface area (Å²) in [6.07, 6.45) is 5.33. The molecule has 0 aliphatic carbocycles. The number of carbonyl (C=O) groups excluding carboxylic acids is 1. The van der Waals surface area contributed by atoms with Crippen LogP contribution in [0, 0.1) is 0 Å². The molecule has 3 rings (SSSR count). The van der Waals surface area contributed by atoms with E-state index in [1.807, 2.05) is 29.4 Å². The highest BCUT2D eigenvalue weighted by Crippen LogP contribution is 2.33. The summed E-state index contributed by atoms with van der Waals surface area (Å²) in [5.41, 5.74) is 1.45. The molecule has 22 heavy (non-hydrogen) atoms. The molecule has 0 spiro atoms. The first kappa shape index (κ1) is 15.3. The Kier molecular flexibility index (Phi) is 4.64. The zero-order chi connectivity index (χ0) is 15.5. The van der Waals surface area contributed by atoms with Crippen molar-refractivity contribution in [2.75, 3.05) is 12.8 Å². The van der Waals surface area contributed by atoms with Crippen molar-refractivity contribution in [1.82, 2.24) is 14.9 Å². The number of halogens is 1. The minimum atomic E-state index is -0.117. The van der Waals surface area contributed by atoms with E-state index in [2.05, 4.69) is 22.1 Å². The summed E-state index contributed by atoms with van der Waals surface area (Å²) in [4.78, 5) is 23.1. The first-order chi connectivity index (χ1) is 10.7. The molecular weight excluding hydrogens is 318 g/mol. The number of benzene rings is 1. The SMILES string of the molecule is CSc1ncc(Cl)c(C(=O)N2CCCC2c2ccccc2)n1. The van der Waals surface area contributed by atoms with E-state index >= 15 is 0 Å². The highest BCUT2D eigenvalue weighted by atomic mass is 35.5. The largest absolute Gasteiger partial charge is 0.330 e.